The summed E-state index contributed by atoms with van der Waals surface area (Å²) in [5.41, 5.74) is 0.849. The Morgan fingerprint density at radius 1 is 1.64 bits per heavy atom. The lowest BCUT2D eigenvalue weighted by Crippen LogP contribution is -2.16. The molecule has 1 aliphatic heterocycles. The van der Waals surface area contributed by atoms with Crippen molar-refractivity contribution in [1.29, 1.82) is 0 Å². The van der Waals surface area contributed by atoms with Gasteiger partial charge in [-0.05, 0) is 19.3 Å². The molecule has 0 N–H and O–H groups in total. The summed E-state index contributed by atoms with van der Waals surface area (Å²) < 4.78 is 0. The van der Waals surface area contributed by atoms with E-state index in [-0.39, 0.29) is 11.9 Å². The Morgan fingerprint density at radius 3 is 2.82 bits per heavy atom. The van der Waals surface area contributed by atoms with Gasteiger partial charge in [-0.15, -0.1) is 0 Å². The highest BCUT2D eigenvalue weighted by atomic mass is 16.7. The number of rotatable bonds is 2. The fraction of sp³-hybridized carbons (Fsp3) is 0.750. The van der Waals surface area contributed by atoms with Crippen LogP contribution in [0.5, 0.6) is 0 Å². The first-order valence-electron chi connectivity index (χ1n) is 4.02. The van der Waals surface area contributed by atoms with Crippen molar-refractivity contribution in [3.63, 3.8) is 0 Å². The van der Waals surface area contributed by atoms with E-state index in [1.807, 2.05) is 6.92 Å². The molecule has 0 aromatic heterocycles. The average Bonchev–Trinajstić information content (AvgIpc) is 2.73. The molecule has 1 fully saturated rings. The molecule has 1 aliphatic carbocycles. The smallest absolute Gasteiger partial charge is 0.318 e. The number of nitrogens with zero attached hydrogens (tertiary/aromatic N) is 1. The van der Waals surface area contributed by atoms with Crippen LogP contribution in [0.25, 0.3) is 0 Å². The summed E-state index contributed by atoms with van der Waals surface area (Å²) in [6, 6.07) is 0. The fourth-order valence-corrected chi connectivity index (χ4v) is 1.37. The number of hydrogen-bond acceptors (Lipinski definition) is 3. The predicted molar refractivity (Wildman–Crippen MR) is 40.0 cm³/mol. The lowest BCUT2D eigenvalue weighted by atomic mass is 9.99. The molecule has 2 rings (SSSR count). The molecule has 1 heterocycles. The van der Waals surface area contributed by atoms with Crippen LogP contribution in [-0.2, 0) is 9.63 Å². The van der Waals surface area contributed by atoms with Gasteiger partial charge in [-0.25, -0.2) is 4.79 Å². The van der Waals surface area contributed by atoms with E-state index in [1.165, 1.54) is 12.8 Å². The average molecular weight is 153 g/mol. The summed E-state index contributed by atoms with van der Waals surface area (Å²) >= 11 is 0. The molecule has 60 valence electrons. The normalized spacial score (nSPS) is 30.1. The van der Waals surface area contributed by atoms with Crippen molar-refractivity contribution in [3.8, 4) is 0 Å². The molecule has 3 heteroatoms. The Labute approximate surface area is 65.4 Å². The molecule has 3 nitrogen and oxygen atoms in total. The Hall–Kier alpha value is -0.860. The van der Waals surface area contributed by atoms with Gasteiger partial charge in [0.05, 0.1) is 5.71 Å². The Bertz CT molecular complexity index is 218. The van der Waals surface area contributed by atoms with Crippen LogP contribution in [0.15, 0.2) is 5.16 Å². The quantitative estimate of drug-likeness (QED) is 0.561. The summed E-state index contributed by atoms with van der Waals surface area (Å²) in [7, 11) is 0. The van der Waals surface area contributed by atoms with Crippen molar-refractivity contribution in [2.45, 2.75) is 26.2 Å². The Morgan fingerprint density at radius 2 is 2.36 bits per heavy atom. The first-order valence-corrected chi connectivity index (χ1v) is 4.02. The summed E-state index contributed by atoms with van der Waals surface area (Å²) in [6.45, 7) is 1.86. The van der Waals surface area contributed by atoms with Crippen molar-refractivity contribution < 1.29 is 9.63 Å². The highest BCUT2D eigenvalue weighted by Crippen LogP contribution is 2.37. The van der Waals surface area contributed by atoms with E-state index in [1.54, 1.807) is 0 Å². The van der Waals surface area contributed by atoms with Gasteiger partial charge in [0, 0.05) is 0 Å². The zero-order valence-electron chi connectivity index (χ0n) is 6.54. The van der Waals surface area contributed by atoms with Crippen LogP contribution in [0.3, 0.4) is 0 Å². The van der Waals surface area contributed by atoms with Crippen LogP contribution in [0, 0.1) is 11.8 Å². The molecule has 0 aromatic rings. The highest BCUT2D eigenvalue weighted by molar-refractivity contribution is 6.03. The van der Waals surface area contributed by atoms with Crippen molar-refractivity contribution in [3.05, 3.63) is 0 Å². The molecule has 1 saturated carbocycles. The Balaban J connectivity index is 1.98. The third-order valence-electron chi connectivity index (χ3n) is 2.33. The molecule has 0 amide bonds. The van der Waals surface area contributed by atoms with Crippen molar-refractivity contribution >= 4 is 11.7 Å². The third kappa shape index (κ3) is 1.27. The van der Waals surface area contributed by atoms with Crippen molar-refractivity contribution in [2.75, 3.05) is 0 Å². The second-order valence-electron chi connectivity index (χ2n) is 3.37. The molecule has 2 aliphatic rings. The van der Waals surface area contributed by atoms with Crippen LogP contribution in [-0.4, -0.2) is 11.7 Å². The molecule has 1 atom stereocenters. The minimum absolute atomic E-state index is 0.0255. The van der Waals surface area contributed by atoms with Crippen molar-refractivity contribution in [1.82, 2.24) is 0 Å². The minimum Gasteiger partial charge on any atom is -0.318 e. The van der Waals surface area contributed by atoms with Gasteiger partial charge in [0.2, 0.25) is 0 Å². The Kier molecular flexibility index (Phi) is 1.44. The minimum atomic E-state index is -0.158. The van der Waals surface area contributed by atoms with Crippen LogP contribution < -0.4 is 0 Å². The second kappa shape index (κ2) is 2.32. The van der Waals surface area contributed by atoms with Gasteiger partial charge in [0.15, 0.2) is 0 Å². The van der Waals surface area contributed by atoms with Crippen LogP contribution in [0.2, 0.25) is 0 Å². The third-order valence-corrected chi connectivity index (χ3v) is 2.33. The lowest BCUT2D eigenvalue weighted by molar-refractivity contribution is -0.143. The number of carbonyl (C=O) groups is 1. The van der Waals surface area contributed by atoms with Crippen LogP contribution >= 0.6 is 0 Å². The highest BCUT2D eigenvalue weighted by Gasteiger charge is 2.35. The summed E-state index contributed by atoms with van der Waals surface area (Å²) in [6.07, 6.45) is 3.50. The maximum Gasteiger partial charge on any atom is 0.343 e. The predicted octanol–water partition coefficient (Wildman–Crippen LogP) is 1.34. The summed E-state index contributed by atoms with van der Waals surface area (Å²) in [5.74, 6) is 0.577. The van der Waals surface area contributed by atoms with Gasteiger partial charge in [-0.3, -0.25) is 0 Å². The van der Waals surface area contributed by atoms with Crippen molar-refractivity contribution in [2.24, 2.45) is 17.0 Å². The molecule has 0 radical (unpaired) electrons. The molecule has 0 saturated heterocycles. The van der Waals surface area contributed by atoms with E-state index >= 15 is 0 Å². The van der Waals surface area contributed by atoms with Crippen LogP contribution in [0.1, 0.15) is 26.2 Å². The zero-order chi connectivity index (χ0) is 7.84. The molecular formula is C8H11NO2. The first kappa shape index (κ1) is 6.83. The van der Waals surface area contributed by atoms with Crippen LogP contribution in [0.4, 0.5) is 0 Å². The van der Waals surface area contributed by atoms with E-state index in [2.05, 4.69) is 9.99 Å². The van der Waals surface area contributed by atoms with Gasteiger partial charge in [-0.1, -0.05) is 18.0 Å². The van der Waals surface area contributed by atoms with E-state index in [0.717, 1.165) is 18.1 Å². The molecule has 0 aromatic carbocycles. The van der Waals surface area contributed by atoms with Gasteiger partial charge in [0.25, 0.3) is 0 Å². The summed E-state index contributed by atoms with van der Waals surface area (Å²) in [5, 5.41) is 3.65. The lowest BCUT2D eigenvalue weighted by Gasteiger charge is -2.02. The SMILES string of the molecule is CC1=NOC(=O)C1CC1CC1. The molecule has 0 spiro atoms. The molecule has 1 unspecified atom stereocenters. The van der Waals surface area contributed by atoms with E-state index in [9.17, 15) is 4.79 Å². The van der Waals surface area contributed by atoms with Gasteiger partial charge in [-0.2, -0.15) is 0 Å². The molecular weight excluding hydrogens is 142 g/mol. The van der Waals surface area contributed by atoms with Gasteiger partial charge in [0.1, 0.15) is 5.92 Å². The van der Waals surface area contributed by atoms with E-state index in [4.69, 9.17) is 0 Å². The standard InChI is InChI=1S/C8H11NO2/c1-5-7(4-6-2-3-6)8(10)11-9-5/h6-7H,2-4H2,1H3. The van der Waals surface area contributed by atoms with Gasteiger partial charge >= 0.3 is 5.97 Å². The molecule has 0 bridgehead atoms. The largest absolute Gasteiger partial charge is 0.343 e. The summed E-state index contributed by atoms with van der Waals surface area (Å²) in [4.78, 5) is 15.6. The number of carbonyl (C=O) groups excluding carboxylic acids is 1. The fourth-order valence-electron chi connectivity index (χ4n) is 1.37. The van der Waals surface area contributed by atoms with E-state index < -0.39 is 0 Å². The zero-order valence-corrected chi connectivity index (χ0v) is 6.54. The number of oxime groups is 1. The maximum absolute atomic E-state index is 11.0. The first-order chi connectivity index (χ1) is 5.27. The maximum atomic E-state index is 11.0. The topological polar surface area (TPSA) is 38.7 Å². The van der Waals surface area contributed by atoms with Gasteiger partial charge < -0.3 is 4.84 Å². The monoisotopic (exact) mass is 153 g/mol. The second-order valence-corrected chi connectivity index (χ2v) is 3.37. The molecule has 11 heavy (non-hydrogen) atoms. The van der Waals surface area contributed by atoms with E-state index in [0.29, 0.717) is 0 Å². The number of hydrogen-bond donors (Lipinski definition) is 0.